The number of sulfone groups is 1. The maximum atomic E-state index is 12.5. The van der Waals surface area contributed by atoms with E-state index in [1.807, 2.05) is 0 Å². The fourth-order valence-corrected chi connectivity index (χ4v) is 4.43. The summed E-state index contributed by atoms with van der Waals surface area (Å²) in [5.74, 6) is -0.279. The molecule has 2 rings (SSSR count). The van der Waals surface area contributed by atoms with Gasteiger partial charge in [-0.25, -0.2) is 13.4 Å². The van der Waals surface area contributed by atoms with Crippen LogP contribution in [0.3, 0.4) is 0 Å². The van der Waals surface area contributed by atoms with Crippen LogP contribution in [0.25, 0.3) is 0 Å². The van der Waals surface area contributed by atoms with Crippen LogP contribution in [-0.2, 0) is 9.84 Å². The molecular weight excluding hydrogens is 348 g/mol. The van der Waals surface area contributed by atoms with Crippen molar-refractivity contribution in [1.29, 1.82) is 0 Å². The Labute approximate surface area is 125 Å². The SMILES string of the molecule is O=C(c1cccnc1Br)N(CCO)C1CCS(=O)(=O)C1. The second-order valence-corrected chi connectivity index (χ2v) is 7.60. The van der Waals surface area contributed by atoms with Gasteiger partial charge < -0.3 is 10.0 Å². The van der Waals surface area contributed by atoms with Crippen molar-refractivity contribution in [3.05, 3.63) is 28.5 Å². The lowest BCUT2D eigenvalue weighted by Crippen LogP contribution is -2.43. The third-order valence-electron chi connectivity index (χ3n) is 3.24. The number of pyridine rings is 1. The lowest BCUT2D eigenvalue weighted by molar-refractivity contribution is 0.0654. The average molecular weight is 363 g/mol. The van der Waals surface area contributed by atoms with Crippen LogP contribution in [-0.4, -0.2) is 60.0 Å². The van der Waals surface area contributed by atoms with Crippen LogP contribution < -0.4 is 0 Å². The number of aromatic nitrogens is 1. The van der Waals surface area contributed by atoms with E-state index in [-0.39, 0.29) is 36.6 Å². The molecule has 1 aromatic heterocycles. The van der Waals surface area contributed by atoms with Crippen molar-refractivity contribution in [1.82, 2.24) is 9.88 Å². The first-order valence-corrected chi connectivity index (χ1v) is 8.79. The minimum atomic E-state index is -3.09. The van der Waals surface area contributed by atoms with E-state index in [1.165, 1.54) is 4.90 Å². The summed E-state index contributed by atoms with van der Waals surface area (Å²) in [4.78, 5) is 17.9. The van der Waals surface area contributed by atoms with E-state index in [0.717, 1.165) is 0 Å². The summed E-state index contributed by atoms with van der Waals surface area (Å²) in [5.41, 5.74) is 0.366. The van der Waals surface area contributed by atoms with Gasteiger partial charge >= 0.3 is 0 Å². The topological polar surface area (TPSA) is 87.6 Å². The molecule has 1 fully saturated rings. The van der Waals surface area contributed by atoms with Crippen molar-refractivity contribution in [2.24, 2.45) is 0 Å². The second-order valence-electron chi connectivity index (χ2n) is 4.62. The number of carbonyl (C=O) groups excluding carboxylic acids is 1. The van der Waals surface area contributed by atoms with Gasteiger partial charge in [0.15, 0.2) is 9.84 Å². The zero-order valence-corrected chi connectivity index (χ0v) is 13.1. The van der Waals surface area contributed by atoms with Gasteiger partial charge in [0.05, 0.1) is 23.7 Å². The van der Waals surface area contributed by atoms with E-state index in [2.05, 4.69) is 20.9 Å². The third kappa shape index (κ3) is 3.36. The number of nitrogens with zero attached hydrogens (tertiary/aromatic N) is 2. The predicted molar refractivity (Wildman–Crippen MR) is 77.1 cm³/mol. The summed E-state index contributed by atoms with van der Waals surface area (Å²) < 4.78 is 23.5. The van der Waals surface area contributed by atoms with Crippen molar-refractivity contribution in [2.75, 3.05) is 24.7 Å². The summed E-state index contributed by atoms with van der Waals surface area (Å²) in [7, 11) is -3.09. The van der Waals surface area contributed by atoms with Crippen LogP contribution in [0, 0.1) is 0 Å². The molecular formula is C12H15BrN2O4S. The van der Waals surface area contributed by atoms with Crippen molar-refractivity contribution < 1.29 is 18.3 Å². The van der Waals surface area contributed by atoms with Gasteiger partial charge in [0.2, 0.25) is 0 Å². The number of carbonyl (C=O) groups is 1. The van der Waals surface area contributed by atoms with E-state index in [4.69, 9.17) is 5.11 Å². The number of aliphatic hydroxyl groups excluding tert-OH is 1. The summed E-state index contributed by atoms with van der Waals surface area (Å²) in [6.07, 6.45) is 1.96. The highest BCUT2D eigenvalue weighted by molar-refractivity contribution is 9.10. The van der Waals surface area contributed by atoms with Crippen LogP contribution >= 0.6 is 15.9 Å². The Morgan fingerprint density at radius 1 is 1.55 bits per heavy atom. The zero-order valence-electron chi connectivity index (χ0n) is 10.7. The molecule has 1 aliphatic heterocycles. The van der Waals surface area contributed by atoms with Gasteiger partial charge in [-0.2, -0.15) is 0 Å². The number of hydrogen-bond acceptors (Lipinski definition) is 5. The molecule has 0 aliphatic carbocycles. The molecule has 0 spiro atoms. The Bertz CT molecular complexity index is 605. The second kappa shape index (κ2) is 6.19. The molecule has 0 radical (unpaired) electrons. The molecule has 0 aromatic carbocycles. The summed E-state index contributed by atoms with van der Waals surface area (Å²) >= 11 is 3.21. The average Bonchev–Trinajstić information content (AvgIpc) is 2.76. The van der Waals surface area contributed by atoms with Gasteiger partial charge in [-0.3, -0.25) is 4.79 Å². The molecule has 8 heteroatoms. The summed E-state index contributed by atoms with van der Waals surface area (Å²) in [5, 5.41) is 9.12. The Kier molecular flexibility index (Phi) is 4.77. The van der Waals surface area contributed by atoms with Crippen molar-refractivity contribution in [3.63, 3.8) is 0 Å². The summed E-state index contributed by atoms with van der Waals surface area (Å²) in [6, 6.07) is 2.88. The van der Waals surface area contributed by atoms with Crippen molar-refractivity contribution >= 4 is 31.7 Å². The number of rotatable bonds is 4. The molecule has 1 unspecified atom stereocenters. The first-order valence-electron chi connectivity index (χ1n) is 6.17. The fraction of sp³-hybridized carbons (Fsp3) is 0.500. The quantitative estimate of drug-likeness (QED) is 0.786. The van der Waals surface area contributed by atoms with Gasteiger partial charge in [0, 0.05) is 18.8 Å². The van der Waals surface area contributed by atoms with E-state index < -0.39 is 9.84 Å². The number of halogens is 1. The highest BCUT2D eigenvalue weighted by Crippen LogP contribution is 2.22. The molecule has 1 saturated heterocycles. The van der Waals surface area contributed by atoms with E-state index in [0.29, 0.717) is 16.6 Å². The standard InChI is InChI=1S/C12H15BrN2O4S/c13-11-10(2-1-4-14-11)12(17)15(5-6-16)9-3-7-20(18,19)8-9/h1-2,4,9,16H,3,5-8H2. The Morgan fingerprint density at radius 3 is 2.85 bits per heavy atom. The van der Waals surface area contributed by atoms with Gasteiger partial charge in [0.1, 0.15) is 4.60 Å². The minimum absolute atomic E-state index is 0.0450. The number of amides is 1. The maximum Gasteiger partial charge on any atom is 0.256 e. The lowest BCUT2D eigenvalue weighted by Gasteiger charge is -2.27. The van der Waals surface area contributed by atoms with E-state index in [9.17, 15) is 13.2 Å². The molecule has 6 nitrogen and oxygen atoms in total. The van der Waals surface area contributed by atoms with Gasteiger partial charge in [-0.15, -0.1) is 0 Å². The highest BCUT2D eigenvalue weighted by atomic mass is 79.9. The lowest BCUT2D eigenvalue weighted by atomic mass is 10.1. The van der Waals surface area contributed by atoms with Crippen LogP contribution in [0.2, 0.25) is 0 Å². The normalized spacial score (nSPS) is 20.8. The van der Waals surface area contributed by atoms with Crippen LogP contribution in [0.4, 0.5) is 0 Å². The Morgan fingerprint density at radius 2 is 2.30 bits per heavy atom. The van der Waals surface area contributed by atoms with E-state index in [1.54, 1.807) is 18.3 Å². The molecule has 1 aliphatic rings. The Balaban J connectivity index is 2.25. The molecule has 20 heavy (non-hydrogen) atoms. The third-order valence-corrected chi connectivity index (χ3v) is 5.62. The van der Waals surface area contributed by atoms with Gasteiger partial charge in [-0.1, -0.05) is 0 Å². The predicted octanol–water partition coefficient (Wildman–Crippen LogP) is 0.466. The van der Waals surface area contributed by atoms with Crippen LogP contribution in [0.15, 0.2) is 22.9 Å². The molecule has 1 amide bonds. The highest BCUT2D eigenvalue weighted by Gasteiger charge is 2.35. The van der Waals surface area contributed by atoms with Crippen molar-refractivity contribution in [2.45, 2.75) is 12.5 Å². The molecule has 0 bridgehead atoms. The first-order chi connectivity index (χ1) is 9.44. The van der Waals surface area contributed by atoms with Gasteiger partial charge in [0.25, 0.3) is 5.91 Å². The summed E-state index contributed by atoms with van der Waals surface area (Å²) in [6.45, 7) is -0.0967. The van der Waals surface area contributed by atoms with Gasteiger partial charge in [-0.05, 0) is 34.5 Å². The fourth-order valence-electron chi connectivity index (χ4n) is 2.28. The number of aliphatic hydroxyl groups is 1. The first kappa shape index (κ1) is 15.4. The molecule has 1 atom stereocenters. The minimum Gasteiger partial charge on any atom is -0.395 e. The van der Waals surface area contributed by atoms with Crippen LogP contribution in [0.1, 0.15) is 16.8 Å². The molecule has 2 heterocycles. The monoisotopic (exact) mass is 362 g/mol. The molecule has 1 aromatic rings. The van der Waals surface area contributed by atoms with E-state index >= 15 is 0 Å². The zero-order chi connectivity index (χ0) is 14.8. The molecule has 110 valence electrons. The molecule has 0 saturated carbocycles. The Hall–Kier alpha value is -0.990. The smallest absolute Gasteiger partial charge is 0.256 e. The largest absolute Gasteiger partial charge is 0.395 e. The number of hydrogen-bond donors (Lipinski definition) is 1. The maximum absolute atomic E-state index is 12.5. The van der Waals surface area contributed by atoms with Crippen LogP contribution in [0.5, 0.6) is 0 Å². The molecule has 1 N–H and O–H groups in total. The van der Waals surface area contributed by atoms with Crippen molar-refractivity contribution in [3.8, 4) is 0 Å².